The van der Waals surface area contributed by atoms with Gasteiger partial charge in [0, 0.05) is 13.6 Å². The van der Waals surface area contributed by atoms with Crippen molar-refractivity contribution >= 4 is 12.0 Å². The minimum atomic E-state index is -0.249. The van der Waals surface area contributed by atoms with Crippen molar-refractivity contribution in [1.82, 2.24) is 4.90 Å². The summed E-state index contributed by atoms with van der Waals surface area (Å²) in [5.74, 6) is 0.448. The van der Waals surface area contributed by atoms with Crippen LogP contribution in [-0.4, -0.2) is 31.4 Å². The van der Waals surface area contributed by atoms with Gasteiger partial charge in [-0.25, -0.2) is 9.38 Å². The van der Waals surface area contributed by atoms with Crippen LogP contribution >= 0.6 is 0 Å². The molecule has 0 aliphatic carbocycles. The minimum Gasteiger partial charge on any atom is -0.486 e. The molecule has 128 valence electrons. The second-order valence-corrected chi connectivity index (χ2v) is 6.97. The highest BCUT2D eigenvalue weighted by molar-refractivity contribution is 5.64. The Balaban J connectivity index is 2.85. The predicted octanol–water partition coefficient (Wildman–Crippen LogP) is 5.19. The number of aliphatic imine (C=N–C) groups is 1. The number of allylic oxidation sites excluding steroid dienone is 1. The number of hydrogen-bond donors (Lipinski definition) is 0. The van der Waals surface area contributed by atoms with E-state index in [1.807, 2.05) is 65.0 Å². The summed E-state index contributed by atoms with van der Waals surface area (Å²) >= 11 is 0. The molecule has 0 radical (unpaired) electrons. The molecule has 0 saturated carbocycles. The van der Waals surface area contributed by atoms with E-state index in [1.54, 1.807) is 6.08 Å². The second-order valence-electron chi connectivity index (χ2n) is 6.97. The van der Waals surface area contributed by atoms with E-state index in [9.17, 15) is 4.39 Å². The van der Waals surface area contributed by atoms with Crippen LogP contribution in [0.3, 0.4) is 0 Å². The lowest BCUT2D eigenvalue weighted by Crippen LogP contribution is -2.14. The zero-order chi connectivity index (χ0) is 17.6. The molecule has 0 amide bonds. The van der Waals surface area contributed by atoms with Gasteiger partial charge in [-0.2, -0.15) is 0 Å². The number of hydrogen-bond acceptors (Lipinski definition) is 2. The first kappa shape index (κ1) is 19.2. The Morgan fingerprint density at radius 3 is 2.48 bits per heavy atom. The van der Waals surface area contributed by atoms with E-state index in [-0.39, 0.29) is 17.8 Å². The Bertz CT molecular complexity index is 586. The van der Waals surface area contributed by atoms with Crippen LogP contribution < -0.4 is 4.74 Å². The van der Waals surface area contributed by atoms with Gasteiger partial charge in [0.1, 0.15) is 18.2 Å². The molecule has 1 aromatic rings. The van der Waals surface area contributed by atoms with Gasteiger partial charge in [-0.15, -0.1) is 0 Å². The molecule has 0 aliphatic heterocycles. The number of rotatable bonds is 6. The molecule has 0 heterocycles. The molecule has 23 heavy (non-hydrogen) atoms. The number of nitrogens with zero attached hydrogens (tertiary/aromatic N) is 2. The van der Waals surface area contributed by atoms with Crippen LogP contribution in [0.25, 0.3) is 0 Å². The van der Waals surface area contributed by atoms with Crippen molar-refractivity contribution in [1.29, 1.82) is 0 Å². The summed E-state index contributed by atoms with van der Waals surface area (Å²) in [6.45, 7) is 12.7. The SMILES string of the molecule is CCN(C)C=Nc1cc(C)c(OC/C(F)=C/C(C)(C)C)cc1C. The summed E-state index contributed by atoms with van der Waals surface area (Å²) < 4.78 is 19.5. The first-order valence-electron chi connectivity index (χ1n) is 7.98. The summed E-state index contributed by atoms with van der Waals surface area (Å²) in [4.78, 5) is 6.49. The summed E-state index contributed by atoms with van der Waals surface area (Å²) in [5, 5.41) is 0. The Morgan fingerprint density at radius 2 is 1.91 bits per heavy atom. The van der Waals surface area contributed by atoms with Crippen LogP contribution in [0.1, 0.15) is 38.8 Å². The molecule has 0 N–H and O–H groups in total. The summed E-state index contributed by atoms with van der Waals surface area (Å²) in [7, 11) is 1.98. The number of benzene rings is 1. The molecule has 0 saturated heterocycles. The van der Waals surface area contributed by atoms with Crippen molar-refractivity contribution in [3.63, 3.8) is 0 Å². The van der Waals surface area contributed by atoms with E-state index >= 15 is 0 Å². The lowest BCUT2D eigenvalue weighted by molar-refractivity contribution is 0.311. The average molecular weight is 320 g/mol. The van der Waals surface area contributed by atoms with Crippen LogP contribution in [0.2, 0.25) is 0 Å². The first-order valence-corrected chi connectivity index (χ1v) is 7.98. The monoisotopic (exact) mass is 320 g/mol. The van der Waals surface area contributed by atoms with Crippen LogP contribution in [0, 0.1) is 19.3 Å². The predicted molar refractivity (Wildman–Crippen MR) is 96.5 cm³/mol. The van der Waals surface area contributed by atoms with Crippen molar-refractivity contribution in [2.75, 3.05) is 20.2 Å². The quantitative estimate of drug-likeness (QED) is 0.532. The highest BCUT2D eigenvalue weighted by Crippen LogP contribution is 2.28. The molecule has 0 atom stereocenters. The molecule has 4 heteroatoms. The fourth-order valence-electron chi connectivity index (χ4n) is 1.97. The first-order chi connectivity index (χ1) is 10.6. The maximum absolute atomic E-state index is 13.9. The Kier molecular flexibility index (Phi) is 6.79. The van der Waals surface area contributed by atoms with E-state index < -0.39 is 0 Å². The third-order valence-electron chi connectivity index (χ3n) is 3.34. The largest absolute Gasteiger partial charge is 0.486 e. The normalized spacial score (nSPS) is 12.8. The van der Waals surface area contributed by atoms with Gasteiger partial charge in [0.05, 0.1) is 12.0 Å². The standard InChI is InChI=1S/C19H29FN2O/c1-8-22(7)13-21-17-9-15(3)18(10-14(17)2)23-12-16(20)11-19(4,5)6/h9-11,13H,8,12H2,1-7H3/b16-11-,21-13?. The average Bonchev–Trinajstić information content (AvgIpc) is 2.44. The maximum atomic E-state index is 13.9. The van der Waals surface area contributed by atoms with Crippen LogP contribution in [0.4, 0.5) is 10.1 Å². The van der Waals surface area contributed by atoms with E-state index in [0.29, 0.717) is 5.75 Å². The number of ether oxygens (including phenoxy) is 1. The molecule has 0 unspecified atom stereocenters. The van der Waals surface area contributed by atoms with E-state index in [0.717, 1.165) is 23.4 Å². The van der Waals surface area contributed by atoms with Crippen LogP contribution in [0.5, 0.6) is 5.75 Å². The summed E-state index contributed by atoms with van der Waals surface area (Å²) in [5.41, 5.74) is 2.67. The van der Waals surface area contributed by atoms with E-state index in [1.165, 1.54) is 0 Å². The van der Waals surface area contributed by atoms with Gasteiger partial charge in [-0.1, -0.05) is 20.8 Å². The van der Waals surface area contributed by atoms with Crippen molar-refractivity contribution in [2.45, 2.75) is 41.5 Å². The van der Waals surface area contributed by atoms with Crippen molar-refractivity contribution in [3.8, 4) is 5.75 Å². The molecule has 0 aliphatic rings. The smallest absolute Gasteiger partial charge is 0.139 e. The fraction of sp³-hybridized carbons (Fsp3) is 0.526. The van der Waals surface area contributed by atoms with Gasteiger partial charge in [-0.3, -0.25) is 0 Å². The fourth-order valence-corrected chi connectivity index (χ4v) is 1.97. The van der Waals surface area contributed by atoms with Crippen LogP contribution in [-0.2, 0) is 0 Å². The molecule has 0 spiro atoms. The molecular formula is C19H29FN2O. The number of aryl methyl sites for hydroxylation is 2. The molecule has 0 fully saturated rings. The van der Waals surface area contributed by atoms with Gasteiger partial charge >= 0.3 is 0 Å². The van der Waals surface area contributed by atoms with Gasteiger partial charge < -0.3 is 9.64 Å². The zero-order valence-corrected chi connectivity index (χ0v) is 15.4. The lowest BCUT2D eigenvalue weighted by Gasteiger charge is -2.14. The van der Waals surface area contributed by atoms with Gasteiger partial charge in [0.2, 0.25) is 0 Å². The Hall–Kier alpha value is -1.84. The topological polar surface area (TPSA) is 24.8 Å². The molecule has 3 nitrogen and oxygen atoms in total. The third-order valence-corrected chi connectivity index (χ3v) is 3.34. The van der Waals surface area contributed by atoms with Gasteiger partial charge in [-0.05, 0) is 55.5 Å². The van der Waals surface area contributed by atoms with E-state index in [4.69, 9.17) is 4.74 Å². The Morgan fingerprint density at radius 1 is 1.26 bits per heavy atom. The molecular weight excluding hydrogens is 291 g/mol. The van der Waals surface area contributed by atoms with Crippen LogP contribution in [0.15, 0.2) is 29.0 Å². The summed E-state index contributed by atoms with van der Waals surface area (Å²) in [6, 6.07) is 3.88. The molecule has 0 bridgehead atoms. The highest BCUT2D eigenvalue weighted by atomic mass is 19.1. The minimum absolute atomic E-state index is 0.0429. The molecule has 1 rings (SSSR count). The van der Waals surface area contributed by atoms with Crippen molar-refractivity contribution in [3.05, 3.63) is 35.2 Å². The second kappa shape index (κ2) is 8.14. The zero-order valence-electron chi connectivity index (χ0n) is 15.4. The van der Waals surface area contributed by atoms with Crippen molar-refractivity contribution < 1.29 is 9.13 Å². The molecule has 0 aromatic heterocycles. The van der Waals surface area contributed by atoms with Gasteiger partial charge in [0.15, 0.2) is 0 Å². The molecule has 1 aromatic carbocycles. The maximum Gasteiger partial charge on any atom is 0.139 e. The van der Waals surface area contributed by atoms with E-state index in [2.05, 4.69) is 11.9 Å². The van der Waals surface area contributed by atoms with Crippen molar-refractivity contribution in [2.24, 2.45) is 10.4 Å². The lowest BCUT2D eigenvalue weighted by atomic mass is 9.96. The number of halogens is 1. The summed E-state index contributed by atoms with van der Waals surface area (Å²) in [6.07, 6.45) is 3.41. The highest BCUT2D eigenvalue weighted by Gasteiger charge is 2.10. The third kappa shape index (κ3) is 6.85. The Labute approximate surface area is 139 Å². The van der Waals surface area contributed by atoms with Gasteiger partial charge in [0.25, 0.3) is 0 Å².